The highest BCUT2D eigenvalue weighted by atomic mass is 15.2. The SMILES string of the molecule is Cc1cc(N[C@@H]2CCCN(C)C2)nnc1-c1cccc(C(C)C)c1. The smallest absolute Gasteiger partial charge is 0.149 e. The van der Waals surface area contributed by atoms with Crippen molar-refractivity contribution in [2.45, 2.75) is 45.6 Å². The van der Waals surface area contributed by atoms with Crippen molar-refractivity contribution in [2.75, 3.05) is 25.5 Å². The summed E-state index contributed by atoms with van der Waals surface area (Å²) in [6, 6.07) is 11.2. The van der Waals surface area contributed by atoms with Crippen molar-refractivity contribution in [3.05, 3.63) is 41.5 Å². The Bertz CT molecular complexity index is 696. The maximum Gasteiger partial charge on any atom is 0.149 e. The average Bonchev–Trinajstić information content (AvgIpc) is 2.55. The van der Waals surface area contributed by atoms with Crippen molar-refractivity contribution in [1.29, 1.82) is 0 Å². The summed E-state index contributed by atoms with van der Waals surface area (Å²) in [5.74, 6) is 1.40. The molecule has 0 unspecified atom stereocenters. The van der Waals surface area contributed by atoms with Crippen molar-refractivity contribution in [2.24, 2.45) is 0 Å². The fourth-order valence-electron chi connectivity index (χ4n) is 3.38. The molecule has 1 aromatic heterocycles. The van der Waals surface area contributed by atoms with Gasteiger partial charge in [0.1, 0.15) is 5.82 Å². The first-order chi connectivity index (χ1) is 11.5. The number of nitrogens with zero attached hydrogens (tertiary/aromatic N) is 3. The fourth-order valence-corrected chi connectivity index (χ4v) is 3.38. The Kier molecular flexibility index (Phi) is 5.14. The Hall–Kier alpha value is -1.94. The molecule has 3 rings (SSSR count). The summed E-state index contributed by atoms with van der Waals surface area (Å²) in [7, 11) is 2.18. The molecule has 1 aliphatic heterocycles. The number of hydrogen-bond acceptors (Lipinski definition) is 4. The molecule has 1 atom stereocenters. The monoisotopic (exact) mass is 324 g/mol. The third-order valence-corrected chi connectivity index (χ3v) is 4.79. The predicted molar refractivity (Wildman–Crippen MR) is 100 cm³/mol. The van der Waals surface area contributed by atoms with Crippen LogP contribution in [0.25, 0.3) is 11.3 Å². The summed E-state index contributed by atoms with van der Waals surface area (Å²) in [5, 5.41) is 12.5. The van der Waals surface area contributed by atoms with Crippen molar-refractivity contribution in [3.8, 4) is 11.3 Å². The lowest BCUT2D eigenvalue weighted by Gasteiger charge is -2.30. The lowest BCUT2D eigenvalue weighted by molar-refractivity contribution is 0.260. The van der Waals surface area contributed by atoms with Gasteiger partial charge in [-0.3, -0.25) is 0 Å². The van der Waals surface area contributed by atoms with Gasteiger partial charge in [0, 0.05) is 18.2 Å². The zero-order valence-electron chi connectivity index (χ0n) is 15.2. The molecule has 1 fully saturated rings. The first-order valence-corrected chi connectivity index (χ1v) is 8.92. The second-order valence-electron chi connectivity index (χ2n) is 7.29. The molecule has 128 valence electrons. The van der Waals surface area contributed by atoms with Gasteiger partial charge in [-0.2, -0.15) is 0 Å². The summed E-state index contributed by atoms with van der Waals surface area (Å²) in [4.78, 5) is 2.37. The van der Waals surface area contributed by atoms with Gasteiger partial charge in [0.05, 0.1) is 5.69 Å². The summed E-state index contributed by atoms with van der Waals surface area (Å²) >= 11 is 0. The largest absolute Gasteiger partial charge is 0.365 e. The third kappa shape index (κ3) is 3.93. The molecule has 24 heavy (non-hydrogen) atoms. The molecule has 1 N–H and O–H groups in total. The van der Waals surface area contributed by atoms with E-state index in [9.17, 15) is 0 Å². The van der Waals surface area contributed by atoms with E-state index >= 15 is 0 Å². The molecule has 4 nitrogen and oxygen atoms in total. The fraction of sp³-hybridized carbons (Fsp3) is 0.500. The van der Waals surface area contributed by atoms with Crippen LogP contribution in [0.1, 0.15) is 43.7 Å². The van der Waals surface area contributed by atoms with E-state index in [0.29, 0.717) is 12.0 Å². The molecule has 0 aliphatic carbocycles. The number of anilines is 1. The standard InChI is InChI=1S/C20H28N4/c1-14(2)16-7-5-8-17(12-16)20-15(3)11-19(22-23-20)21-18-9-6-10-24(4)13-18/h5,7-8,11-12,14,18H,6,9-10,13H2,1-4H3,(H,21,22)/t18-/m1/s1. The normalized spacial score (nSPS) is 18.8. The molecule has 1 saturated heterocycles. The number of likely N-dealkylation sites (N-methyl/N-ethyl adjacent to an activating group) is 1. The number of hydrogen-bond donors (Lipinski definition) is 1. The van der Waals surface area contributed by atoms with Crippen LogP contribution >= 0.6 is 0 Å². The van der Waals surface area contributed by atoms with Crippen molar-refractivity contribution >= 4 is 5.82 Å². The number of aryl methyl sites for hydroxylation is 1. The molecule has 0 saturated carbocycles. The van der Waals surface area contributed by atoms with Crippen LogP contribution in [0.5, 0.6) is 0 Å². The highest BCUT2D eigenvalue weighted by molar-refractivity contribution is 5.64. The van der Waals surface area contributed by atoms with Crippen molar-refractivity contribution in [3.63, 3.8) is 0 Å². The van der Waals surface area contributed by atoms with Crippen LogP contribution in [-0.2, 0) is 0 Å². The Morgan fingerprint density at radius 2 is 2.04 bits per heavy atom. The molecule has 1 aromatic carbocycles. The van der Waals surface area contributed by atoms with Gasteiger partial charge in [0.15, 0.2) is 0 Å². The number of aromatic nitrogens is 2. The van der Waals surface area contributed by atoms with E-state index in [-0.39, 0.29) is 0 Å². The summed E-state index contributed by atoms with van der Waals surface area (Å²) in [5.41, 5.74) is 4.62. The lowest BCUT2D eigenvalue weighted by atomic mass is 9.98. The molecule has 0 radical (unpaired) electrons. The molecule has 4 heteroatoms. The van der Waals surface area contributed by atoms with Gasteiger partial charge in [-0.25, -0.2) is 0 Å². The van der Waals surface area contributed by atoms with Crippen LogP contribution in [-0.4, -0.2) is 41.3 Å². The Morgan fingerprint density at radius 1 is 1.21 bits per heavy atom. The molecule has 0 spiro atoms. The van der Waals surface area contributed by atoms with E-state index in [0.717, 1.165) is 29.2 Å². The maximum atomic E-state index is 4.51. The predicted octanol–water partition coefficient (Wildman–Crippen LogP) is 4.08. The van der Waals surface area contributed by atoms with Gasteiger partial charge in [0.2, 0.25) is 0 Å². The maximum absolute atomic E-state index is 4.51. The highest BCUT2D eigenvalue weighted by Gasteiger charge is 2.18. The Labute approximate surface area is 145 Å². The molecule has 2 aromatic rings. The highest BCUT2D eigenvalue weighted by Crippen LogP contribution is 2.26. The number of rotatable bonds is 4. The molecule has 2 heterocycles. The first-order valence-electron chi connectivity index (χ1n) is 8.92. The van der Waals surface area contributed by atoms with Crippen LogP contribution in [0.3, 0.4) is 0 Å². The van der Waals surface area contributed by atoms with Crippen LogP contribution in [0.2, 0.25) is 0 Å². The van der Waals surface area contributed by atoms with Gasteiger partial charge < -0.3 is 10.2 Å². The van der Waals surface area contributed by atoms with Gasteiger partial charge in [0.25, 0.3) is 0 Å². The van der Waals surface area contributed by atoms with Crippen LogP contribution in [0.4, 0.5) is 5.82 Å². The molecule has 0 amide bonds. The second-order valence-corrected chi connectivity index (χ2v) is 7.29. The van der Waals surface area contributed by atoms with Crippen molar-refractivity contribution in [1.82, 2.24) is 15.1 Å². The van der Waals surface area contributed by atoms with E-state index < -0.39 is 0 Å². The van der Waals surface area contributed by atoms with Crippen LogP contribution in [0, 0.1) is 6.92 Å². The zero-order valence-corrected chi connectivity index (χ0v) is 15.2. The summed E-state index contributed by atoms with van der Waals surface area (Å²) in [6.07, 6.45) is 2.43. The molecular weight excluding hydrogens is 296 g/mol. The minimum Gasteiger partial charge on any atom is -0.365 e. The topological polar surface area (TPSA) is 41.0 Å². The third-order valence-electron chi connectivity index (χ3n) is 4.79. The van der Waals surface area contributed by atoms with Crippen molar-refractivity contribution < 1.29 is 0 Å². The van der Waals surface area contributed by atoms with E-state index in [4.69, 9.17) is 0 Å². The van der Waals surface area contributed by atoms with Gasteiger partial charge in [-0.05, 0) is 62.5 Å². The lowest BCUT2D eigenvalue weighted by Crippen LogP contribution is -2.39. The minimum atomic E-state index is 0.465. The minimum absolute atomic E-state index is 0.465. The first kappa shape index (κ1) is 16.9. The van der Waals surface area contributed by atoms with Gasteiger partial charge in [-0.15, -0.1) is 10.2 Å². The van der Waals surface area contributed by atoms with E-state index in [1.54, 1.807) is 0 Å². The summed E-state index contributed by atoms with van der Waals surface area (Å²) in [6.45, 7) is 8.80. The quantitative estimate of drug-likeness (QED) is 0.920. The Balaban J connectivity index is 1.78. The molecular formula is C20H28N4. The summed E-state index contributed by atoms with van der Waals surface area (Å²) < 4.78 is 0. The van der Waals surface area contributed by atoms with Crippen LogP contribution in [0.15, 0.2) is 30.3 Å². The Morgan fingerprint density at radius 3 is 2.75 bits per heavy atom. The van der Waals surface area contributed by atoms with Gasteiger partial charge >= 0.3 is 0 Å². The number of benzene rings is 1. The molecule has 0 bridgehead atoms. The van der Waals surface area contributed by atoms with E-state index in [1.165, 1.54) is 24.9 Å². The number of piperidine rings is 1. The number of nitrogens with one attached hydrogen (secondary N) is 1. The number of likely N-dealkylation sites (tertiary alicyclic amines) is 1. The molecule has 1 aliphatic rings. The average molecular weight is 324 g/mol. The van der Waals surface area contributed by atoms with Gasteiger partial charge in [-0.1, -0.05) is 32.0 Å². The zero-order chi connectivity index (χ0) is 17.1. The van der Waals surface area contributed by atoms with E-state index in [2.05, 4.69) is 78.6 Å². The van der Waals surface area contributed by atoms with E-state index in [1.807, 2.05) is 0 Å². The van der Waals surface area contributed by atoms with Crippen LogP contribution < -0.4 is 5.32 Å². The second kappa shape index (κ2) is 7.31.